The van der Waals surface area contributed by atoms with Crippen molar-refractivity contribution >= 4 is 11.9 Å². The van der Waals surface area contributed by atoms with Gasteiger partial charge in [0.2, 0.25) is 5.91 Å². The molecule has 1 unspecified atom stereocenters. The van der Waals surface area contributed by atoms with Crippen molar-refractivity contribution < 1.29 is 27.9 Å². The summed E-state index contributed by atoms with van der Waals surface area (Å²) in [6.45, 7) is 0.558. The predicted octanol–water partition coefficient (Wildman–Crippen LogP) is 2.29. The Morgan fingerprint density at radius 3 is 2.20 bits per heavy atom. The van der Waals surface area contributed by atoms with Crippen LogP contribution in [-0.4, -0.2) is 40.6 Å². The molecule has 2 fully saturated rings. The van der Waals surface area contributed by atoms with Crippen molar-refractivity contribution in [2.75, 3.05) is 6.54 Å². The van der Waals surface area contributed by atoms with Gasteiger partial charge < -0.3 is 10.0 Å². The highest BCUT2D eigenvalue weighted by molar-refractivity contribution is 5.85. The molecular weight excluding hydrogens is 275 g/mol. The number of carboxylic acids is 1. The third-order valence-electron chi connectivity index (χ3n) is 4.05. The summed E-state index contributed by atoms with van der Waals surface area (Å²) in [5.74, 6) is -3.34. The van der Waals surface area contributed by atoms with Crippen LogP contribution in [0.3, 0.4) is 0 Å². The van der Waals surface area contributed by atoms with Crippen LogP contribution in [0.25, 0.3) is 0 Å². The van der Waals surface area contributed by atoms with Crippen molar-refractivity contribution in [3.63, 3.8) is 0 Å². The fourth-order valence-corrected chi connectivity index (χ4v) is 3.02. The standard InChI is InChI=1S/C13H18F3NO3/c1-7-4-9(10(5-7)12(19)20)11(18)17(8-2-3-8)6-13(14,15)16/h7-10H,2-6H2,1H3,(H,19,20)/t7?,9-,10+/m0/s1. The molecule has 0 aromatic heterocycles. The van der Waals surface area contributed by atoms with Crippen molar-refractivity contribution in [3.8, 4) is 0 Å². The van der Waals surface area contributed by atoms with Crippen LogP contribution in [0.15, 0.2) is 0 Å². The number of halogens is 3. The summed E-state index contributed by atoms with van der Waals surface area (Å²) >= 11 is 0. The second kappa shape index (κ2) is 5.26. The quantitative estimate of drug-likeness (QED) is 0.865. The van der Waals surface area contributed by atoms with Gasteiger partial charge in [0.15, 0.2) is 0 Å². The van der Waals surface area contributed by atoms with Gasteiger partial charge in [0.25, 0.3) is 0 Å². The Morgan fingerprint density at radius 1 is 1.20 bits per heavy atom. The number of nitrogens with zero attached hydrogens (tertiary/aromatic N) is 1. The van der Waals surface area contributed by atoms with E-state index in [1.165, 1.54) is 0 Å². The summed E-state index contributed by atoms with van der Waals surface area (Å²) in [7, 11) is 0. The van der Waals surface area contributed by atoms with E-state index in [1.807, 2.05) is 6.92 Å². The number of amides is 1. The van der Waals surface area contributed by atoms with E-state index in [-0.39, 0.29) is 12.0 Å². The van der Waals surface area contributed by atoms with Gasteiger partial charge in [0.05, 0.1) is 11.8 Å². The number of carboxylic acid groups (broad SMARTS) is 1. The molecule has 0 aromatic rings. The van der Waals surface area contributed by atoms with Crippen LogP contribution < -0.4 is 0 Å². The molecule has 4 nitrogen and oxygen atoms in total. The van der Waals surface area contributed by atoms with Crippen molar-refractivity contribution in [3.05, 3.63) is 0 Å². The Morgan fingerprint density at radius 2 is 1.75 bits per heavy atom. The summed E-state index contributed by atoms with van der Waals surface area (Å²) in [4.78, 5) is 24.3. The molecule has 2 aliphatic rings. The van der Waals surface area contributed by atoms with Gasteiger partial charge in [0.1, 0.15) is 6.54 Å². The number of hydrogen-bond donors (Lipinski definition) is 1. The maximum atomic E-state index is 12.6. The van der Waals surface area contributed by atoms with Crippen LogP contribution in [0.4, 0.5) is 13.2 Å². The maximum absolute atomic E-state index is 12.6. The van der Waals surface area contributed by atoms with E-state index < -0.39 is 36.4 Å². The zero-order valence-corrected chi connectivity index (χ0v) is 11.2. The fraction of sp³-hybridized carbons (Fsp3) is 0.846. The Balaban J connectivity index is 2.12. The largest absolute Gasteiger partial charge is 0.481 e. The lowest BCUT2D eigenvalue weighted by Crippen LogP contribution is -2.45. The Hall–Kier alpha value is -1.27. The SMILES string of the molecule is CC1C[C@H](C(=O)N(CC(F)(F)F)C2CC2)[C@H](C(=O)O)C1. The van der Waals surface area contributed by atoms with Gasteiger partial charge in [-0.2, -0.15) is 13.2 Å². The smallest absolute Gasteiger partial charge is 0.406 e. The highest BCUT2D eigenvalue weighted by atomic mass is 19.4. The number of carbonyl (C=O) groups excluding carboxylic acids is 1. The highest BCUT2D eigenvalue weighted by Crippen LogP contribution is 2.40. The molecule has 0 aliphatic heterocycles. The molecule has 20 heavy (non-hydrogen) atoms. The Bertz CT molecular complexity index is 406. The molecule has 1 N–H and O–H groups in total. The molecule has 2 saturated carbocycles. The Kier molecular flexibility index (Phi) is 3.97. The predicted molar refractivity (Wildman–Crippen MR) is 63.8 cm³/mol. The molecule has 0 bridgehead atoms. The maximum Gasteiger partial charge on any atom is 0.406 e. The van der Waals surface area contributed by atoms with Gasteiger partial charge in [-0.1, -0.05) is 6.92 Å². The molecule has 2 rings (SSSR count). The number of hydrogen-bond acceptors (Lipinski definition) is 2. The molecule has 2 aliphatic carbocycles. The summed E-state index contributed by atoms with van der Waals surface area (Å²) in [5, 5.41) is 9.13. The lowest BCUT2D eigenvalue weighted by molar-refractivity contribution is -0.167. The molecule has 1 amide bonds. The average molecular weight is 293 g/mol. The van der Waals surface area contributed by atoms with E-state index in [0.29, 0.717) is 25.7 Å². The summed E-state index contributed by atoms with van der Waals surface area (Å²) in [6.07, 6.45) is -2.59. The number of alkyl halides is 3. The van der Waals surface area contributed by atoms with Gasteiger partial charge in [-0.15, -0.1) is 0 Å². The zero-order valence-electron chi connectivity index (χ0n) is 11.2. The van der Waals surface area contributed by atoms with Gasteiger partial charge in [0, 0.05) is 6.04 Å². The van der Waals surface area contributed by atoms with E-state index >= 15 is 0 Å². The molecule has 0 heterocycles. The third-order valence-corrected chi connectivity index (χ3v) is 4.05. The fourth-order valence-electron chi connectivity index (χ4n) is 3.02. The van der Waals surface area contributed by atoms with Crippen LogP contribution in [0.2, 0.25) is 0 Å². The first kappa shape index (κ1) is 15.1. The molecule has 3 atom stereocenters. The zero-order chi connectivity index (χ0) is 15.1. The van der Waals surface area contributed by atoms with Crippen LogP contribution >= 0.6 is 0 Å². The van der Waals surface area contributed by atoms with Crippen LogP contribution in [-0.2, 0) is 9.59 Å². The van der Waals surface area contributed by atoms with Gasteiger partial charge >= 0.3 is 12.1 Å². The highest BCUT2D eigenvalue weighted by Gasteiger charge is 2.48. The second-order valence-electron chi connectivity index (χ2n) is 5.94. The first-order valence-corrected chi connectivity index (χ1v) is 6.79. The van der Waals surface area contributed by atoms with Gasteiger partial charge in [-0.25, -0.2) is 0 Å². The third kappa shape index (κ3) is 3.43. The summed E-state index contributed by atoms with van der Waals surface area (Å²) in [6, 6.07) is -0.366. The summed E-state index contributed by atoms with van der Waals surface area (Å²) < 4.78 is 37.7. The minimum Gasteiger partial charge on any atom is -0.481 e. The van der Waals surface area contributed by atoms with E-state index in [0.717, 1.165) is 4.90 Å². The number of rotatable bonds is 4. The van der Waals surface area contributed by atoms with E-state index in [2.05, 4.69) is 0 Å². The van der Waals surface area contributed by atoms with E-state index in [9.17, 15) is 22.8 Å². The first-order chi connectivity index (χ1) is 9.19. The average Bonchev–Trinajstić information content (AvgIpc) is 3.06. The monoisotopic (exact) mass is 293 g/mol. The van der Waals surface area contributed by atoms with Crippen LogP contribution in [0.5, 0.6) is 0 Å². The minimum absolute atomic E-state index is 0.0528. The number of aliphatic carboxylic acids is 1. The normalized spacial score (nSPS) is 30.3. The molecule has 0 aromatic carbocycles. The molecular formula is C13H18F3NO3. The van der Waals surface area contributed by atoms with Gasteiger partial charge in [-0.05, 0) is 31.6 Å². The molecule has 114 valence electrons. The molecule has 0 spiro atoms. The second-order valence-corrected chi connectivity index (χ2v) is 5.94. The molecule has 0 saturated heterocycles. The van der Waals surface area contributed by atoms with Crippen LogP contribution in [0.1, 0.15) is 32.6 Å². The first-order valence-electron chi connectivity index (χ1n) is 6.79. The van der Waals surface area contributed by atoms with Crippen LogP contribution in [0, 0.1) is 17.8 Å². The van der Waals surface area contributed by atoms with E-state index in [4.69, 9.17) is 5.11 Å². The topological polar surface area (TPSA) is 57.6 Å². The Labute approximate surface area is 114 Å². The van der Waals surface area contributed by atoms with Crippen molar-refractivity contribution in [1.82, 2.24) is 4.90 Å². The van der Waals surface area contributed by atoms with Crippen molar-refractivity contribution in [1.29, 1.82) is 0 Å². The van der Waals surface area contributed by atoms with Gasteiger partial charge in [-0.3, -0.25) is 9.59 Å². The van der Waals surface area contributed by atoms with E-state index in [1.54, 1.807) is 0 Å². The molecule has 7 heteroatoms. The lowest BCUT2D eigenvalue weighted by Gasteiger charge is -2.28. The molecule has 0 radical (unpaired) electrons. The van der Waals surface area contributed by atoms with Crippen molar-refractivity contribution in [2.45, 2.75) is 44.8 Å². The van der Waals surface area contributed by atoms with Crippen molar-refractivity contribution in [2.24, 2.45) is 17.8 Å². The number of carbonyl (C=O) groups is 2. The lowest BCUT2D eigenvalue weighted by atomic mass is 9.94. The summed E-state index contributed by atoms with van der Waals surface area (Å²) in [5.41, 5.74) is 0. The minimum atomic E-state index is -4.44.